The number of nitrogens with zero attached hydrogens (tertiary/aromatic N) is 1. The molecule has 1 aromatic carbocycles. The Kier molecular flexibility index (Phi) is 9.26. The number of carbonyl (C=O) groups is 1. The first-order valence-electron chi connectivity index (χ1n) is 9.02. The Morgan fingerprint density at radius 2 is 1.79 bits per heavy atom. The highest BCUT2D eigenvalue weighted by Crippen LogP contribution is 2.53. The van der Waals surface area contributed by atoms with Gasteiger partial charge in [0, 0.05) is 46.0 Å². The van der Waals surface area contributed by atoms with Gasteiger partial charge >= 0.3 is 7.60 Å². The summed E-state index contributed by atoms with van der Waals surface area (Å²) in [5.74, 6) is -1.17. The van der Waals surface area contributed by atoms with Gasteiger partial charge in [-0.1, -0.05) is 36.8 Å². The highest BCUT2D eigenvalue weighted by Gasteiger charge is 2.42. The van der Waals surface area contributed by atoms with Crippen LogP contribution < -0.4 is 10.4 Å². The fourth-order valence-electron chi connectivity index (χ4n) is 2.88. The molecule has 0 aromatic heterocycles. The van der Waals surface area contributed by atoms with Crippen LogP contribution in [0.1, 0.15) is 19.4 Å². The van der Waals surface area contributed by atoms with E-state index in [1.165, 1.54) is 31.9 Å². The predicted octanol–water partition coefficient (Wildman–Crippen LogP) is 3.07. The molecule has 8 nitrogen and oxygen atoms in total. The Labute approximate surface area is 172 Å². The number of benzene rings is 1. The quantitative estimate of drug-likeness (QED) is 0.173. The summed E-state index contributed by atoms with van der Waals surface area (Å²) in [5.41, 5.74) is 2.15. The van der Waals surface area contributed by atoms with Crippen LogP contribution in [0.2, 0.25) is 0 Å². The van der Waals surface area contributed by atoms with Crippen LogP contribution in [-0.2, 0) is 24.0 Å². The van der Waals surface area contributed by atoms with Crippen molar-refractivity contribution < 1.29 is 28.7 Å². The van der Waals surface area contributed by atoms with Crippen LogP contribution in [0.25, 0.3) is 0 Å². The molecule has 9 heteroatoms. The lowest BCUT2D eigenvalue weighted by molar-refractivity contribution is -0.124. The minimum Gasteiger partial charge on any atom is -0.384 e. The van der Waals surface area contributed by atoms with Crippen molar-refractivity contribution in [1.29, 1.82) is 0 Å². The molecule has 1 amide bonds. The number of hydroxylamine groups is 1. The molecule has 0 saturated carbocycles. The third kappa shape index (κ3) is 6.80. The summed E-state index contributed by atoms with van der Waals surface area (Å²) < 4.78 is 23.0. The first-order valence-corrected chi connectivity index (χ1v) is 10.8. The standard InChI is InChI=1S/C20H31N2O6P/c1-15(7-12-19(23)21-25)13-16(2)20(24,14-29(26,27-5)28-6)17-8-10-18(11-9-17)22(3)4/h7-13,16,24-25H,14H2,1-6H3,(H,21,23)/b12-7+,15-13+/t16-,20+/m1/s1. The van der Waals surface area contributed by atoms with Crippen molar-refractivity contribution in [3.8, 4) is 0 Å². The van der Waals surface area contributed by atoms with E-state index < -0.39 is 25.0 Å². The Morgan fingerprint density at radius 1 is 1.24 bits per heavy atom. The molecule has 2 atom stereocenters. The van der Waals surface area contributed by atoms with Gasteiger partial charge in [-0.2, -0.15) is 0 Å². The Hall–Kier alpha value is -1.96. The lowest BCUT2D eigenvalue weighted by atomic mass is 9.82. The number of hydrogen-bond donors (Lipinski definition) is 3. The molecule has 0 spiro atoms. The predicted molar refractivity (Wildman–Crippen MR) is 113 cm³/mol. The van der Waals surface area contributed by atoms with Crippen molar-refractivity contribution in [3.05, 3.63) is 53.6 Å². The van der Waals surface area contributed by atoms with Gasteiger partial charge in [-0.15, -0.1) is 0 Å². The number of allylic oxidation sites excluding steroid dienone is 2. The molecule has 0 saturated heterocycles. The number of rotatable bonds is 10. The zero-order chi connectivity index (χ0) is 22.2. The summed E-state index contributed by atoms with van der Waals surface area (Å²) in [4.78, 5) is 13.1. The van der Waals surface area contributed by atoms with Crippen LogP contribution in [0.5, 0.6) is 0 Å². The van der Waals surface area contributed by atoms with Crippen molar-refractivity contribution in [2.45, 2.75) is 19.4 Å². The van der Waals surface area contributed by atoms with Gasteiger partial charge in [-0.05, 0) is 24.6 Å². The second kappa shape index (κ2) is 10.7. The molecule has 162 valence electrons. The summed E-state index contributed by atoms with van der Waals surface area (Å²) in [6.45, 7) is 3.53. The maximum absolute atomic E-state index is 12.8. The van der Waals surface area contributed by atoms with Gasteiger partial charge in [0.15, 0.2) is 0 Å². The molecule has 0 fully saturated rings. The zero-order valence-corrected chi connectivity index (χ0v) is 18.6. The lowest BCUT2D eigenvalue weighted by Crippen LogP contribution is -2.37. The second-order valence-electron chi connectivity index (χ2n) is 7.01. The van der Waals surface area contributed by atoms with E-state index in [0.717, 1.165) is 5.69 Å². The summed E-state index contributed by atoms with van der Waals surface area (Å²) >= 11 is 0. The molecule has 0 unspecified atom stereocenters. The van der Waals surface area contributed by atoms with Crippen LogP contribution in [0.15, 0.2) is 48.1 Å². The van der Waals surface area contributed by atoms with Crippen LogP contribution in [0.4, 0.5) is 5.69 Å². The van der Waals surface area contributed by atoms with Gasteiger partial charge in [-0.25, -0.2) is 5.48 Å². The topological polar surface area (TPSA) is 108 Å². The van der Waals surface area contributed by atoms with Crippen LogP contribution in [0.3, 0.4) is 0 Å². The molecule has 1 aromatic rings. The maximum atomic E-state index is 12.8. The highest BCUT2D eigenvalue weighted by atomic mass is 31.2. The molecule has 1 rings (SSSR count). The van der Waals surface area contributed by atoms with Crippen LogP contribution in [-0.4, -0.2) is 50.7 Å². The first-order chi connectivity index (χ1) is 13.5. The lowest BCUT2D eigenvalue weighted by Gasteiger charge is -2.35. The maximum Gasteiger partial charge on any atom is 0.333 e. The smallest absolute Gasteiger partial charge is 0.333 e. The number of aliphatic hydroxyl groups is 1. The van der Waals surface area contributed by atoms with Crippen molar-refractivity contribution in [3.63, 3.8) is 0 Å². The summed E-state index contributed by atoms with van der Waals surface area (Å²) in [7, 11) is 2.85. The van der Waals surface area contributed by atoms with Gasteiger partial charge in [0.05, 0.1) is 6.16 Å². The van der Waals surface area contributed by atoms with Crippen LogP contribution >= 0.6 is 7.60 Å². The zero-order valence-electron chi connectivity index (χ0n) is 17.7. The summed E-state index contributed by atoms with van der Waals surface area (Å²) in [5, 5.41) is 20.2. The monoisotopic (exact) mass is 426 g/mol. The number of amides is 1. The number of carbonyl (C=O) groups excluding carboxylic acids is 1. The van der Waals surface area contributed by atoms with E-state index >= 15 is 0 Å². The van der Waals surface area contributed by atoms with E-state index in [9.17, 15) is 14.5 Å². The van der Waals surface area contributed by atoms with Crippen molar-refractivity contribution in [2.24, 2.45) is 5.92 Å². The Balaban J connectivity index is 3.37. The highest BCUT2D eigenvalue weighted by molar-refractivity contribution is 7.53. The number of nitrogens with one attached hydrogen (secondary N) is 1. The molecule has 0 aliphatic heterocycles. The summed E-state index contributed by atoms with van der Waals surface area (Å²) in [6.07, 6.45) is 4.17. The fourth-order valence-corrected chi connectivity index (χ4v) is 4.35. The third-order valence-corrected chi connectivity index (χ3v) is 6.73. The van der Waals surface area contributed by atoms with Gasteiger partial charge in [0.25, 0.3) is 5.91 Å². The minimum absolute atomic E-state index is 0.250. The van der Waals surface area contributed by atoms with E-state index in [0.29, 0.717) is 11.1 Å². The summed E-state index contributed by atoms with van der Waals surface area (Å²) in [6, 6.07) is 7.28. The van der Waals surface area contributed by atoms with E-state index in [1.807, 2.05) is 31.1 Å². The fraction of sp³-hybridized carbons (Fsp3) is 0.450. The number of anilines is 1. The molecule has 0 aliphatic rings. The van der Waals surface area contributed by atoms with Crippen molar-refractivity contribution in [2.75, 3.05) is 39.4 Å². The van der Waals surface area contributed by atoms with Gasteiger partial charge < -0.3 is 19.1 Å². The molecule has 0 heterocycles. The Morgan fingerprint density at radius 3 is 2.24 bits per heavy atom. The van der Waals surface area contributed by atoms with Gasteiger partial charge in [-0.3, -0.25) is 14.6 Å². The first kappa shape index (κ1) is 25.1. The number of hydrogen-bond acceptors (Lipinski definition) is 7. The van der Waals surface area contributed by atoms with E-state index in [-0.39, 0.29) is 6.16 Å². The average Bonchev–Trinajstić information content (AvgIpc) is 2.71. The van der Waals surface area contributed by atoms with E-state index in [2.05, 4.69) is 0 Å². The molecule has 0 radical (unpaired) electrons. The van der Waals surface area contributed by atoms with Gasteiger partial charge in [0.1, 0.15) is 5.60 Å². The normalized spacial score (nSPS) is 15.8. The molecular formula is C20H31N2O6P. The van der Waals surface area contributed by atoms with Crippen LogP contribution in [0, 0.1) is 5.92 Å². The van der Waals surface area contributed by atoms with Crippen molar-refractivity contribution in [1.82, 2.24) is 5.48 Å². The molecule has 3 N–H and O–H groups in total. The molecule has 0 bridgehead atoms. The minimum atomic E-state index is -3.54. The largest absolute Gasteiger partial charge is 0.384 e. The molecular weight excluding hydrogens is 395 g/mol. The molecule has 0 aliphatic carbocycles. The third-order valence-electron chi connectivity index (χ3n) is 4.75. The average molecular weight is 426 g/mol. The SMILES string of the molecule is COP(=O)(C[C@@](O)(c1ccc(N(C)C)cc1)[C@H](C)/C=C(C)/C=C/C(=O)NO)OC. The Bertz CT molecular complexity index is 783. The van der Waals surface area contributed by atoms with Crippen molar-refractivity contribution >= 4 is 19.2 Å². The van der Waals surface area contributed by atoms with E-state index in [1.54, 1.807) is 32.1 Å². The molecule has 29 heavy (non-hydrogen) atoms. The second-order valence-corrected chi connectivity index (χ2v) is 9.28. The van der Waals surface area contributed by atoms with E-state index in [4.69, 9.17) is 14.3 Å². The van der Waals surface area contributed by atoms with Gasteiger partial charge in [0.2, 0.25) is 0 Å².